The molecule has 112 valence electrons. The fourth-order valence-corrected chi connectivity index (χ4v) is 2.03. The third kappa shape index (κ3) is 5.52. The lowest BCUT2D eigenvalue weighted by molar-refractivity contribution is 0.135. The predicted molar refractivity (Wildman–Crippen MR) is 85.4 cm³/mol. The van der Waals surface area contributed by atoms with Gasteiger partial charge >= 0.3 is 6.09 Å². The van der Waals surface area contributed by atoms with Crippen molar-refractivity contribution < 1.29 is 14.1 Å². The third-order valence-corrected chi connectivity index (χ3v) is 4.35. The van der Waals surface area contributed by atoms with Crippen LogP contribution in [-0.4, -0.2) is 17.8 Å². The van der Waals surface area contributed by atoms with Crippen molar-refractivity contribution >= 4 is 28.7 Å². The van der Waals surface area contributed by atoms with Crippen molar-refractivity contribution in [2.45, 2.75) is 40.2 Å². The van der Waals surface area contributed by atoms with E-state index in [-0.39, 0.29) is 12.0 Å². The molecule has 0 aliphatic rings. The van der Waals surface area contributed by atoms with E-state index in [0.29, 0.717) is 12.2 Å². The van der Waals surface area contributed by atoms with Gasteiger partial charge in [-0.15, -0.1) is 6.58 Å². The van der Waals surface area contributed by atoms with Gasteiger partial charge in [0.15, 0.2) is 0 Å². The standard InChI is InChI=1S/C14H21IN2O3/c1-5-6-14(3,4)7-8-16-13(18)19-9-11-12(15)10(2)20-17-11/h5H,1,6-9H2,2-4H3,(H,16,18). The maximum Gasteiger partial charge on any atom is 0.407 e. The van der Waals surface area contributed by atoms with Gasteiger partial charge in [-0.2, -0.15) is 0 Å². The molecule has 5 nitrogen and oxygen atoms in total. The maximum absolute atomic E-state index is 11.6. The Labute approximate surface area is 133 Å². The summed E-state index contributed by atoms with van der Waals surface area (Å²) in [6, 6.07) is 0. The maximum atomic E-state index is 11.6. The number of hydrogen-bond donors (Lipinski definition) is 1. The van der Waals surface area contributed by atoms with Crippen LogP contribution in [0.4, 0.5) is 4.79 Å². The molecule has 1 heterocycles. The quantitative estimate of drug-likeness (QED) is 0.566. The van der Waals surface area contributed by atoms with Crippen molar-refractivity contribution in [3.63, 3.8) is 0 Å². The van der Waals surface area contributed by atoms with Crippen LogP contribution in [0.5, 0.6) is 0 Å². The number of hydrogen-bond acceptors (Lipinski definition) is 4. The Morgan fingerprint density at radius 2 is 2.30 bits per heavy atom. The lowest BCUT2D eigenvalue weighted by atomic mass is 9.86. The van der Waals surface area contributed by atoms with Crippen LogP contribution in [0.2, 0.25) is 0 Å². The van der Waals surface area contributed by atoms with Gasteiger partial charge in [-0.05, 0) is 47.8 Å². The molecule has 0 aromatic carbocycles. The first-order valence-electron chi connectivity index (χ1n) is 6.48. The number of amides is 1. The van der Waals surface area contributed by atoms with E-state index in [1.54, 1.807) is 0 Å². The van der Waals surface area contributed by atoms with Crippen molar-refractivity contribution in [1.82, 2.24) is 10.5 Å². The van der Waals surface area contributed by atoms with Crippen LogP contribution in [-0.2, 0) is 11.3 Å². The molecule has 0 spiro atoms. The van der Waals surface area contributed by atoms with Crippen molar-refractivity contribution in [1.29, 1.82) is 0 Å². The van der Waals surface area contributed by atoms with Gasteiger partial charge in [0.1, 0.15) is 18.1 Å². The third-order valence-electron chi connectivity index (χ3n) is 2.96. The minimum atomic E-state index is -0.434. The molecule has 1 amide bonds. The summed E-state index contributed by atoms with van der Waals surface area (Å²) in [7, 11) is 0. The smallest absolute Gasteiger partial charge is 0.407 e. The number of alkyl carbamates (subject to hydrolysis) is 1. The summed E-state index contributed by atoms with van der Waals surface area (Å²) in [5.41, 5.74) is 0.776. The second kappa shape index (κ2) is 7.66. The minimum Gasteiger partial charge on any atom is -0.443 e. The molecule has 1 N–H and O–H groups in total. The van der Waals surface area contributed by atoms with E-state index >= 15 is 0 Å². The zero-order valence-electron chi connectivity index (χ0n) is 12.2. The van der Waals surface area contributed by atoms with Gasteiger partial charge in [0, 0.05) is 6.54 Å². The summed E-state index contributed by atoms with van der Waals surface area (Å²) in [5.74, 6) is 0.732. The lowest BCUT2D eigenvalue weighted by Gasteiger charge is -2.22. The van der Waals surface area contributed by atoms with E-state index in [4.69, 9.17) is 9.26 Å². The van der Waals surface area contributed by atoms with E-state index in [9.17, 15) is 4.79 Å². The number of ether oxygens (including phenoxy) is 1. The SMILES string of the molecule is C=CCC(C)(C)CCNC(=O)OCc1noc(C)c1I. The number of carbonyl (C=O) groups excluding carboxylic acids is 1. The Kier molecular flexibility index (Phi) is 6.51. The molecule has 0 atom stereocenters. The number of nitrogens with one attached hydrogen (secondary N) is 1. The highest BCUT2D eigenvalue weighted by Crippen LogP contribution is 2.24. The number of aryl methyl sites for hydroxylation is 1. The van der Waals surface area contributed by atoms with Crippen LogP contribution in [0.15, 0.2) is 17.2 Å². The average molecular weight is 392 g/mol. The van der Waals surface area contributed by atoms with Crippen LogP contribution in [0.1, 0.15) is 38.1 Å². The zero-order chi connectivity index (χ0) is 15.2. The molecule has 20 heavy (non-hydrogen) atoms. The Bertz CT molecular complexity index is 469. The van der Waals surface area contributed by atoms with Crippen LogP contribution < -0.4 is 5.32 Å². The molecule has 0 saturated heterocycles. The first-order chi connectivity index (χ1) is 9.35. The average Bonchev–Trinajstić information content (AvgIpc) is 2.67. The molecule has 0 aliphatic carbocycles. The van der Waals surface area contributed by atoms with Gasteiger partial charge in [0.2, 0.25) is 0 Å². The summed E-state index contributed by atoms with van der Waals surface area (Å²) in [6.07, 6.45) is 3.25. The Hall–Kier alpha value is -1.05. The van der Waals surface area contributed by atoms with E-state index in [2.05, 4.69) is 53.5 Å². The molecule has 1 rings (SSSR count). The van der Waals surface area contributed by atoms with Crippen molar-refractivity contribution in [2.75, 3.05) is 6.54 Å². The normalized spacial score (nSPS) is 11.2. The first kappa shape index (κ1) is 17.0. The van der Waals surface area contributed by atoms with Crippen molar-refractivity contribution in [3.8, 4) is 0 Å². The monoisotopic (exact) mass is 392 g/mol. The topological polar surface area (TPSA) is 64.4 Å². The Balaban J connectivity index is 2.27. The Morgan fingerprint density at radius 1 is 1.60 bits per heavy atom. The number of aromatic nitrogens is 1. The van der Waals surface area contributed by atoms with Gasteiger partial charge in [-0.25, -0.2) is 4.79 Å². The number of carbonyl (C=O) groups is 1. The largest absolute Gasteiger partial charge is 0.443 e. The van der Waals surface area contributed by atoms with Crippen molar-refractivity contribution in [2.24, 2.45) is 5.41 Å². The minimum absolute atomic E-state index is 0.123. The van der Waals surface area contributed by atoms with Crippen LogP contribution in [0.25, 0.3) is 0 Å². The second-order valence-corrected chi connectivity index (χ2v) is 6.49. The summed E-state index contributed by atoms with van der Waals surface area (Å²) in [4.78, 5) is 11.6. The first-order valence-corrected chi connectivity index (χ1v) is 7.56. The molecule has 0 saturated carbocycles. The summed E-state index contributed by atoms with van der Waals surface area (Å²) in [6.45, 7) is 10.5. The van der Waals surface area contributed by atoms with Gasteiger partial charge in [-0.3, -0.25) is 0 Å². The lowest BCUT2D eigenvalue weighted by Crippen LogP contribution is -2.28. The van der Waals surface area contributed by atoms with Gasteiger partial charge in [0.05, 0.1) is 3.57 Å². The van der Waals surface area contributed by atoms with Crippen LogP contribution >= 0.6 is 22.6 Å². The van der Waals surface area contributed by atoms with E-state index in [0.717, 1.165) is 22.2 Å². The molecule has 0 fully saturated rings. The highest BCUT2D eigenvalue weighted by atomic mass is 127. The molecule has 1 aromatic heterocycles. The van der Waals surface area contributed by atoms with Gasteiger partial charge < -0.3 is 14.6 Å². The summed E-state index contributed by atoms with van der Waals surface area (Å²) >= 11 is 2.12. The van der Waals surface area contributed by atoms with Gasteiger partial charge in [0.25, 0.3) is 0 Å². The van der Waals surface area contributed by atoms with Crippen molar-refractivity contribution in [3.05, 3.63) is 27.7 Å². The van der Waals surface area contributed by atoms with E-state index in [1.165, 1.54) is 0 Å². The second-order valence-electron chi connectivity index (χ2n) is 5.41. The predicted octanol–water partition coefficient (Wildman–Crippen LogP) is 3.81. The molecule has 0 unspecified atom stereocenters. The van der Waals surface area contributed by atoms with E-state index in [1.807, 2.05) is 13.0 Å². The summed E-state index contributed by atoms with van der Waals surface area (Å²) in [5, 5.41) is 6.57. The molecular weight excluding hydrogens is 371 g/mol. The summed E-state index contributed by atoms with van der Waals surface area (Å²) < 4.78 is 11.0. The number of allylic oxidation sites excluding steroid dienone is 1. The fourth-order valence-electron chi connectivity index (χ4n) is 1.68. The number of nitrogens with zero attached hydrogens (tertiary/aromatic N) is 1. The highest BCUT2D eigenvalue weighted by molar-refractivity contribution is 14.1. The molecule has 6 heteroatoms. The molecule has 0 bridgehead atoms. The highest BCUT2D eigenvalue weighted by Gasteiger charge is 2.16. The van der Waals surface area contributed by atoms with Crippen LogP contribution in [0.3, 0.4) is 0 Å². The molecule has 0 aliphatic heterocycles. The van der Waals surface area contributed by atoms with E-state index < -0.39 is 6.09 Å². The molecule has 1 aromatic rings. The van der Waals surface area contributed by atoms with Gasteiger partial charge in [-0.1, -0.05) is 25.1 Å². The molecule has 0 radical (unpaired) electrons. The van der Waals surface area contributed by atoms with Crippen LogP contribution in [0, 0.1) is 15.9 Å². The fraction of sp³-hybridized carbons (Fsp3) is 0.571. The Morgan fingerprint density at radius 3 is 2.85 bits per heavy atom. The number of halogens is 1. The zero-order valence-corrected chi connectivity index (χ0v) is 14.3. The molecular formula is C14H21IN2O3. The number of rotatable bonds is 7.